The van der Waals surface area contributed by atoms with Crippen molar-refractivity contribution in [3.8, 4) is 5.69 Å². The van der Waals surface area contributed by atoms with Gasteiger partial charge >= 0.3 is 0 Å². The monoisotopic (exact) mass is 464 g/mol. The number of pyridine rings is 1. The molecule has 1 atom stereocenters. The Morgan fingerprint density at radius 1 is 1.11 bits per heavy atom. The smallest absolute Gasteiger partial charge is 0.244 e. The number of fused-ring (bicyclic) bond motifs is 1. The van der Waals surface area contributed by atoms with Crippen molar-refractivity contribution in [2.45, 2.75) is 38.8 Å². The zero-order valence-electron chi connectivity index (χ0n) is 20.2. The van der Waals surface area contributed by atoms with Crippen molar-refractivity contribution in [1.82, 2.24) is 19.8 Å². The first-order valence-corrected chi connectivity index (χ1v) is 12.5. The molecule has 0 spiro atoms. The van der Waals surface area contributed by atoms with E-state index in [4.69, 9.17) is 0 Å². The molecule has 1 amide bonds. The minimum absolute atomic E-state index is 0.119. The maximum absolute atomic E-state index is 12.2. The molecule has 2 aromatic carbocycles. The van der Waals surface area contributed by atoms with Gasteiger partial charge in [-0.25, -0.2) is 0 Å². The summed E-state index contributed by atoms with van der Waals surface area (Å²) < 4.78 is 2.28. The molecular weight excluding hydrogens is 432 g/mol. The summed E-state index contributed by atoms with van der Waals surface area (Å²) in [5.74, 6) is -0.119. The van der Waals surface area contributed by atoms with E-state index in [1.807, 2.05) is 18.2 Å². The van der Waals surface area contributed by atoms with E-state index in [-0.39, 0.29) is 5.91 Å². The molecule has 1 N–H and O–H groups in total. The number of rotatable bonds is 8. The molecule has 0 radical (unpaired) electrons. The Bertz CT molecular complexity index is 1310. The highest BCUT2D eigenvalue weighted by atomic mass is 16.1. The molecule has 5 nitrogen and oxygen atoms in total. The summed E-state index contributed by atoms with van der Waals surface area (Å²) >= 11 is 0. The summed E-state index contributed by atoms with van der Waals surface area (Å²) in [6.45, 7) is 5.14. The third kappa shape index (κ3) is 5.52. The van der Waals surface area contributed by atoms with Crippen molar-refractivity contribution in [1.29, 1.82) is 0 Å². The van der Waals surface area contributed by atoms with Crippen molar-refractivity contribution in [3.05, 3.63) is 102 Å². The molecule has 5 rings (SSSR count). The summed E-state index contributed by atoms with van der Waals surface area (Å²) in [4.78, 5) is 18.9. The Hall–Kier alpha value is -3.70. The van der Waals surface area contributed by atoms with E-state index >= 15 is 0 Å². The molecule has 1 fully saturated rings. The van der Waals surface area contributed by atoms with Gasteiger partial charge in [0.1, 0.15) is 0 Å². The quantitative estimate of drug-likeness (QED) is 0.356. The highest BCUT2D eigenvalue weighted by molar-refractivity contribution is 5.91. The van der Waals surface area contributed by atoms with Crippen LogP contribution in [0.25, 0.3) is 22.7 Å². The first-order chi connectivity index (χ1) is 17.2. The minimum atomic E-state index is -0.119. The minimum Gasteiger partial charge on any atom is -0.348 e. The van der Waals surface area contributed by atoms with Crippen molar-refractivity contribution < 1.29 is 4.79 Å². The van der Waals surface area contributed by atoms with Crippen LogP contribution in [-0.2, 0) is 17.8 Å². The van der Waals surface area contributed by atoms with Gasteiger partial charge in [0.2, 0.25) is 5.91 Å². The Labute approximate surface area is 207 Å². The van der Waals surface area contributed by atoms with Crippen molar-refractivity contribution in [2.75, 3.05) is 13.1 Å². The summed E-state index contributed by atoms with van der Waals surface area (Å²) in [5.41, 5.74) is 5.72. The highest BCUT2D eigenvalue weighted by Gasteiger charge is 2.20. The first kappa shape index (κ1) is 23.1. The zero-order valence-corrected chi connectivity index (χ0v) is 20.2. The number of hydrogen-bond acceptors (Lipinski definition) is 3. The molecule has 1 aliphatic rings. The van der Waals surface area contributed by atoms with Crippen LogP contribution < -0.4 is 5.32 Å². The first-order valence-electron chi connectivity index (χ1n) is 12.5. The van der Waals surface area contributed by atoms with Crippen LogP contribution in [0.2, 0.25) is 0 Å². The average molecular weight is 465 g/mol. The van der Waals surface area contributed by atoms with E-state index in [1.54, 1.807) is 18.5 Å². The highest BCUT2D eigenvalue weighted by Crippen LogP contribution is 2.27. The Kier molecular flexibility index (Phi) is 7.05. The maximum Gasteiger partial charge on any atom is 0.244 e. The van der Waals surface area contributed by atoms with Crippen LogP contribution in [-0.4, -0.2) is 39.5 Å². The van der Waals surface area contributed by atoms with Crippen LogP contribution in [0.5, 0.6) is 0 Å². The largest absolute Gasteiger partial charge is 0.348 e. The lowest BCUT2D eigenvalue weighted by molar-refractivity contribution is -0.116. The molecule has 3 heterocycles. The van der Waals surface area contributed by atoms with Gasteiger partial charge in [0.25, 0.3) is 0 Å². The SMILES string of the molecule is CC1CCCN1CCc1cn(-c2ccc(C=CC(=O)NCc3cccnc3)cc2)c2ccccc12. The van der Waals surface area contributed by atoms with E-state index in [2.05, 4.69) is 81.4 Å². The van der Waals surface area contributed by atoms with E-state index in [0.717, 1.165) is 29.8 Å². The fourth-order valence-electron chi connectivity index (χ4n) is 4.92. The Morgan fingerprint density at radius 2 is 1.97 bits per heavy atom. The van der Waals surface area contributed by atoms with E-state index in [1.165, 1.54) is 35.9 Å². The molecular formula is C30H32N4O. The number of nitrogens with zero attached hydrogens (tertiary/aromatic N) is 3. The van der Waals surface area contributed by atoms with Gasteiger partial charge in [0, 0.05) is 54.9 Å². The molecule has 1 unspecified atom stereocenters. The number of hydrogen-bond donors (Lipinski definition) is 1. The van der Waals surface area contributed by atoms with Crippen molar-refractivity contribution in [2.24, 2.45) is 0 Å². The van der Waals surface area contributed by atoms with Crippen molar-refractivity contribution in [3.63, 3.8) is 0 Å². The van der Waals surface area contributed by atoms with Crippen LogP contribution in [0.4, 0.5) is 0 Å². The summed E-state index contributed by atoms with van der Waals surface area (Å²) in [6.07, 6.45) is 12.9. The van der Waals surface area contributed by atoms with Crippen LogP contribution in [0.1, 0.15) is 36.5 Å². The zero-order chi connectivity index (χ0) is 24.0. The molecule has 1 saturated heterocycles. The molecule has 2 aromatic heterocycles. The summed E-state index contributed by atoms with van der Waals surface area (Å²) in [5, 5.41) is 4.22. The lowest BCUT2D eigenvalue weighted by Gasteiger charge is -2.20. The molecule has 1 aliphatic heterocycles. The van der Waals surface area contributed by atoms with Crippen LogP contribution >= 0.6 is 0 Å². The third-order valence-electron chi connectivity index (χ3n) is 6.94. The average Bonchev–Trinajstić information content (AvgIpc) is 3.49. The van der Waals surface area contributed by atoms with Gasteiger partial charge in [-0.15, -0.1) is 0 Å². The van der Waals surface area contributed by atoms with Gasteiger partial charge in [-0.2, -0.15) is 0 Å². The number of carbonyl (C=O) groups excluding carboxylic acids is 1. The molecule has 0 aliphatic carbocycles. The predicted octanol–water partition coefficient (Wildman–Crippen LogP) is 5.38. The summed E-state index contributed by atoms with van der Waals surface area (Å²) in [6, 6.07) is 21.5. The Balaban J connectivity index is 1.27. The van der Waals surface area contributed by atoms with E-state index in [9.17, 15) is 4.79 Å². The molecule has 0 saturated carbocycles. The number of aromatic nitrogens is 2. The van der Waals surface area contributed by atoms with Gasteiger partial charge in [-0.3, -0.25) is 9.78 Å². The number of amides is 1. The number of para-hydroxylation sites is 1. The van der Waals surface area contributed by atoms with Crippen LogP contribution in [0, 0.1) is 0 Å². The van der Waals surface area contributed by atoms with Gasteiger partial charge < -0.3 is 14.8 Å². The lowest BCUT2D eigenvalue weighted by atomic mass is 10.1. The second kappa shape index (κ2) is 10.7. The molecule has 35 heavy (non-hydrogen) atoms. The second-order valence-corrected chi connectivity index (χ2v) is 9.32. The van der Waals surface area contributed by atoms with Crippen LogP contribution in [0.15, 0.2) is 85.3 Å². The molecule has 5 heteroatoms. The van der Waals surface area contributed by atoms with E-state index in [0.29, 0.717) is 12.6 Å². The molecule has 0 bridgehead atoms. The van der Waals surface area contributed by atoms with Gasteiger partial charge in [-0.05, 0) is 79.8 Å². The molecule has 178 valence electrons. The number of likely N-dealkylation sites (tertiary alicyclic amines) is 1. The third-order valence-corrected chi connectivity index (χ3v) is 6.94. The lowest BCUT2D eigenvalue weighted by Crippen LogP contribution is -2.28. The van der Waals surface area contributed by atoms with Gasteiger partial charge in [-0.1, -0.05) is 36.4 Å². The topological polar surface area (TPSA) is 50.2 Å². The normalized spacial score (nSPS) is 16.3. The van der Waals surface area contributed by atoms with Gasteiger partial charge in [0.05, 0.1) is 5.52 Å². The number of carbonyl (C=O) groups is 1. The number of nitrogens with one attached hydrogen (secondary N) is 1. The number of benzene rings is 2. The van der Waals surface area contributed by atoms with Gasteiger partial charge in [0.15, 0.2) is 0 Å². The van der Waals surface area contributed by atoms with E-state index < -0.39 is 0 Å². The predicted molar refractivity (Wildman–Crippen MR) is 142 cm³/mol. The summed E-state index contributed by atoms with van der Waals surface area (Å²) in [7, 11) is 0. The van der Waals surface area contributed by atoms with Crippen molar-refractivity contribution >= 4 is 22.9 Å². The second-order valence-electron chi connectivity index (χ2n) is 9.32. The fourth-order valence-corrected chi connectivity index (χ4v) is 4.92. The fraction of sp³-hybridized carbons (Fsp3) is 0.267. The van der Waals surface area contributed by atoms with Crippen LogP contribution in [0.3, 0.4) is 0 Å². The maximum atomic E-state index is 12.2. The Morgan fingerprint density at radius 3 is 2.74 bits per heavy atom. The standard InChI is InChI=1S/C30H32N4O/c1-23-6-5-18-33(23)19-16-26-22-34(29-9-3-2-8-28(26)29)27-13-10-24(11-14-27)12-15-30(35)32-21-25-7-4-17-31-20-25/h2-4,7-15,17,20,22-23H,5-6,16,18-19,21H2,1H3,(H,32,35). The molecule has 4 aromatic rings.